The SMILES string of the molecule is COc1ccc(NC(=O)C(C)N2CCN(CCc3ccccc3)CC2)cc1Cl. The summed E-state index contributed by atoms with van der Waals surface area (Å²) in [5.41, 5.74) is 2.06. The van der Waals surface area contributed by atoms with Gasteiger partial charge in [-0.25, -0.2) is 0 Å². The van der Waals surface area contributed by atoms with Gasteiger partial charge in [-0.2, -0.15) is 0 Å². The molecule has 1 heterocycles. The third-order valence-corrected chi connectivity index (χ3v) is 5.61. The molecular formula is C22H28ClN3O2. The largest absolute Gasteiger partial charge is 0.495 e. The first kappa shape index (κ1) is 20.6. The van der Waals surface area contributed by atoms with Crippen LogP contribution in [0.1, 0.15) is 12.5 Å². The zero-order chi connectivity index (χ0) is 19.9. The van der Waals surface area contributed by atoms with Crippen LogP contribution in [0, 0.1) is 0 Å². The Morgan fingerprint density at radius 2 is 1.86 bits per heavy atom. The highest BCUT2D eigenvalue weighted by Gasteiger charge is 2.25. The molecule has 0 bridgehead atoms. The number of anilines is 1. The van der Waals surface area contributed by atoms with E-state index in [0.29, 0.717) is 16.5 Å². The maximum Gasteiger partial charge on any atom is 0.241 e. The molecule has 150 valence electrons. The Bertz CT molecular complexity index is 777. The van der Waals surface area contributed by atoms with Gasteiger partial charge >= 0.3 is 0 Å². The number of nitrogens with one attached hydrogen (secondary N) is 1. The summed E-state index contributed by atoms with van der Waals surface area (Å²) < 4.78 is 5.15. The molecule has 1 N–H and O–H groups in total. The van der Waals surface area contributed by atoms with Crippen molar-refractivity contribution in [2.75, 3.05) is 45.2 Å². The molecule has 1 saturated heterocycles. The van der Waals surface area contributed by atoms with Crippen molar-refractivity contribution in [1.29, 1.82) is 0 Å². The van der Waals surface area contributed by atoms with Crippen molar-refractivity contribution in [2.24, 2.45) is 0 Å². The molecule has 2 aromatic rings. The number of carbonyl (C=O) groups excluding carboxylic acids is 1. The molecule has 1 aliphatic heterocycles. The maximum absolute atomic E-state index is 12.6. The van der Waals surface area contributed by atoms with Gasteiger partial charge in [0.05, 0.1) is 18.2 Å². The summed E-state index contributed by atoms with van der Waals surface area (Å²) in [4.78, 5) is 17.3. The molecule has 5 nitrogen and oxygen atoms in total. The zero-order valence-electron chi connectivity index (χ0n) is 16.5. The maximum atomic E-state index is 12.6. The molecule has 2 aromatic carbocycles. The highest BCUT2D eigenvalue weighted by atomic mass is 35.5. The fourth-order valence-corrected chi connectivity index (χ4v) is 3.72. The molecule has 1 unspecified atom stereocenters. The highest BCUT2D eigenvalue weighted by molar-refractivity contribution is 6.32. The van der Waals surface area contributed by atoms with Crippen molar-refractivity contribution in [3.05, 3.63) is 59.1 Å². The van der Waals surface area contributed by atoms with E-state index in [9.17, 15) is 4.79 Å². The molecule has 1 aliphatic rings. The van der Waals surface area contributed by atoms with Crippen molar-refractivity contribution >= 4 is 23.2 Å². The molecule has 0 spiro atoms. The molecular weight excluding hydrogens is 374 g/mol. The fourth-order valence-electron chi connectivity index (χ4n) is 3.46. The van der Waals surface area contributed by atoms with E-state index >= 15 is 0 Å². The lowest BCUT2D eigenvalue weighted by Gasteiger charge is -2.37. The fraction of sp³-hybridized carbons (Fsp3) is 0.409. The summed E-state index contributed by atoms with van der Waals surface area (Å²) in [6.45, 7) is 6.78. The number of carbonyl (C=O) groups is 1. The van der Waals surface area contributed by atoms with Crippen molar-refractivity contribution < 1.29 is 9.53 Å². The monoisotopic (exact) mass is 401 g/mol. The first-order valence-corrected chi connectivity index (χ1v) is 10.1. The summed E-state index contributed by atoms with van der Waals surface area (Å²) in [6, 6.07) is 15.7. The number of nitrogens with zero attached hydrogens (tertiary/aromatic N) is 2. The third kappa shape index (κ3) is 5.47. The zero-order valence-corrected chi connectivity index (χ0v) is 17.3. The molecule has 0 radical (unpaired) electrons. The number of ether oxygens (including phenoxy) is 1. The minimum absolute atomic E-state index is 0.0148. The standard InChI is InChI=1S/C22H28ClN3O2/c1-17(22(27)24-19-8-9-21(28-2)20(23)16-19)26-14-12-25(13-15-26)11-10-18-6-4-3-5-7-18/h3-9,16-17H,10-15H2,1-2H3,(H,24,27). The number of hydrogen-bond donors (Lipinski definition) is 1. The Morgan fingerprint density at radius 1 is 1.14 bits per heavy atom. The second kappa shape index (κ2) is 9.92. The molecule has 28 heavy (non-hydrogen) atoms. The van der Waals surface area contributed by atoms with E-state index in [0.717, 1.165) is 39.1 Å². The van der Waals surface area contributed by atoms with E-state index in [1.54, 1.807) is 25.3 Å². The molecule has 0 saturated carbocycles. The van der Waals surface area contributed by atoms with E-state index in [1.165, 1.54) is 5.56 Å². The van der Waals surface area contributed by atoms with Crippen molar-refractivity contribution in [3.63, 3.8) is 0 Å². The van der Waals surface area contributed by atoms with Gasteiger partial charge in [0.1, 0.15) is 5.75 Å². The van der Waals surface area contributed by atoms with Crippen LogP contribution in [0.4, 0.5) is 5.69 Å². The van der Waals surface area contributed by atoms with Gasteiger partial charge in [0, 0.05) is 38.4 Å². The van der Waals surface area contributed by atoms with E-state index in [2.05, 4.69) is 45.4 Å². The van der Waals surface area contributed by atoms with Crippen LogP contribution in [0.3, 0.4) is 0 Å². The van der Waals surface area contributed by atoms with E-state index in [-0.39, 0.29) is 11.9 Å². The molecule has 6 heteroatoms. The number of benzene rings is 2. The Hall–Kier alpha value is -2.08. The lowest BCUT2D eigenvalue weighted by Crippen LogP contribution is -2.53. The van der Waals surface area contributed by atoms with Crippen LogP contribution in [0.15, 0.2) is 48.5 Å². The lowest BCUT2D eigenvalue weighted by molar-refractivity contribution is -0.121. The van der Waals surface area contributed by atoms with E-state index in [4.69, 9.17) is 16.3 Å². The van der Waals surface area contributed by atoms with Gasteiger partial charge in [-0.3, -0.25) is 9.69 Å². The van der Waals surface area contributed by atoms with Crippen LogP contribution in [-0.2, 0) is 11.2 Å². The third-order valence-electron chi connectivity index (χ3n) is 5.31. The quantitative estimate of drug-likeness (QED) is 0.770. The van der Waals surface area contributed by atoms with E-state index in [1.807, 2.05) is 6.92 Å². The summed E-state index contributed by atoms with van der Waals surface area (Å²) in [6.07, 6.45) is 1.06. The Labute approximate surface area is 172 Å². The van der Waals surface area contributed by atoms with Crippen molar-refractivity contribution in [1.82, 2.24) is 9.80 Å². The first-order valence-electron chi connectivity index (χ1n) is 9.71. The molecule has 1 amide bonds. The van der Waals surface area contributed by atoms with E-state index < -0.39 is 0 Å². The van der Waals surface area contributed by atoms with Gasteiger partial charge in [0.2, 0.25) is 5.91 Å². The molecule has 0 aliphatic carbocycles. The van der Waals surface area contributed by atoms with Crippen LogP contribution < -0.4 is 10.1 Å². The number of methoxy groups -OCH3 is 1. The second-order valence-corrected chi connectivity index (χ2v) is 7.53. The predicted molar refractivity (Wildman–Crippen MR) is 114 cm³/mol. The van der Waals surface area contributed by atoms with Crippen LogP contribution >= 0.6 is 11.6 Å². The Kier molecular flexibility index (Phi) is 7.31. The summed E-state index contributed by atoms with van der Waals surface area (Å²) in [5.74, 6) is 0.582. The highest BCUT2D eigenvalue weighted by Crippen LogP contribution is 2.27. The van der Waals surface area contributed by atoms with Gasteiger partial charge in [-0.1, -0.05) is 41.9 Å². The average molecular weight is 402 g/mol. The molecule has 3 rings (SSSR count). The van der Waals surface area contributed by atoms with Crippen LogP contribution in [0.5, 0.6) is 5.75 Å². The van der Waals surface area contributed by atoms with Crippen molar-refractivity contribution in [3.8, 4) is 5.75 Å². The average Bonchev–Trinajstić information content (AvgIpc) is 2.73. The Balaban J connectivity index is 1.45. The smallest absolute Gasteiger partial charge is 0.241 e. The number of amides is 1. The van der Waals surface area contributed by atoms with Crippen LogP contribution in [0.25, 0.3) is 0 Å². The predicted octanol–water partition coefficient (Wildman–Crippen LogP) is 3.54. The van der Waals surface area contributed by atoms with Gasteiger partial charge in [-0.05, 0) is 37.1 Å². The number of hydrogen-bond acceptors (Lipinski definition) is 4. The summed E-state index contributed by atoms with van der Waals surface area (Å²) in [5, 5.41) is 3.44. The van der Waals surface area contributed by atoms with Gasteiger partial charge in [0.25, 0.3) is 0 Å². The van der Waals surface area contributed by atoms with Gasteiger partial charge < -0.3 is 15.0 Å². The summed E-state index contributed by atoms with van der Waals surface area (Å²) in [7, 11) is 1.57. The van der Waals surface area contributed by atoms with Crippen LogP contribution in [-0.4, -0.2) is 61.6 Å². The topological polar surface area (TPSA) is 44.8 Å². The summed E-state index contributed by atoms with van der Waals surface area (Å²) >= 11 is 6.14. The number of halogens is 1. The second-order valence-electron chi connectivity index (χ2n) is 7.13. The normalized spacial score (nSPS) is 16.5. The minimum Gasteiger partial charge on any atom is -0.495 e. The first-order chi connectivity index (χ1) is 13.6. The van der Waals surface area contributed by atoms with Gasteiger partial charge in [0.15, 0.2) is 0 Å². The van der Waals surface area contributed by atoms with Crippen molar-refractivity contribution in [2.45, 2.75) is 19.4 Å². The molecule has 1 atom stereocenters. The van der Waals surface area contributed by atoms with Gasteiger partial charge in [-0.15, -0.1) is 0 Å². The Morgan fingerprint density at radius 3 is 2.50 bits per heavy atom. The lowest BCUT2D eigenvalue weighted by atomic mass is 10.1. The molecule has 1 fully saturated rings. The number of piperazine rings is 1. The molecule has 0 aromatic heterocycles. The number of rotatable bonds is 7. The van der Waals surface area contributed by atoms with Crippen LogP contribution in [0.2, 0.25) is 5.02 Å². The minimum atomic E-state index is -0.183.